The molecule has 1 aromatic carbocycles. The third kappa shape index (κ3) is 2.87. The maximum atomic E-state index is 12.7. The first-order chi connectivity index (χ1) is 7.36. The van der Waals surface area contributed by atoms with Gasteiger partial charge in [0.05, 0.1) is 6.54 Å². The Hall–Kier alpha value is -1.27. The molecule has 0 aliphatic rings. The van der Waals surface area contributed by atoms with Crippen LogP contribution in [0, 0.1) is 6.92 Å². The molecule has 0 aliphatic carbocycles. The maximum Gasteiger partial charge on any atom is 0.509 e. The van der Waals surface area contributed by atoms with Crippen LogP contribution in [0.1, 0.15) is 11.1 Å². The number of thiol groups is 1. The van der Waals surface area contributed by atoms with Crippen molar-refractivity contribution in [2.45, 2.75) is 18.4 Å². The molecule has 0 unspecified atom stereocenters. The predicted octanol–water partition coefficient (Wildman–Crippen LogP) is 3.15. The van der Waals surface area contributed by atoms with Crippen LogP contribution in [0.4, 0.5) is 12.9 Å². The molecule has 0 amide bonds. The molecular weight excluding hydrogens is 238 g/mol. The van der Waals surface area contributed by atoms with E-state index in [1.54, 1.807) is 0 Å². The molecule has 0 fully saturated rings. The summed E-state index contributed by atoms with van der Waals surface area (Å²) in [6.45, 7) is -3.81. The zero-order chi connectivity index (χ0) is 12.3. The van der Waals surface area contributed by atoms with E-state index in [4.69, 9.17) is 5.53 Å². The van der Waals surface area contributed by atoms with E-state index in [-0.39, 0.29) is 17.0 Å². The fraction of sp³-hybridized carbons (Fsp3) is 0.250. The minimum absolute atomic E-state index is 0.0977. The topological polar surface area (TPSA) is 48.8 Å². The van der Waals surface area contributed by atoms with Crippen molar-refractivity contribution < 1.29 is 12.9 Å². The van der Waals surface area contributed by atoms with Gasteiger partial charge in [0.25, 0.3) is 0 Å². The van der Waals surface area contributed by atoms with Crippen LogP contribution >= 0.6 is 12.6 Å². The molecule has 0 N–H and O–H groups in total. The normalized spacial score (nSPS) is 11.1. The SMILES string of the molecule is Cc1c(S)cc(CN=[N+]=[N-])cc1[B-](F)(F)F. The molecule has 3 nitrogen and oxygen atoms in total. The highest BCUT2D eigenvalue weighted by atomic mass is 32.1. The van der Waals surface area contributed by atoms with E-state index in [0.717, 1.165) is 6.07 Å². The average Bonchev–Trinajstić information content (AvgIpc) is 2.17. The van der Waals surface area contributed by atoms with Crippen molar-refractivity contribution in [2.24, 2.45) is 5.11 Å². The Balaban J connectivity index is 3.27. The molecule has 1 aromatic rings. The third-order valence-electron chi connectivity index (χ3n) is 2.15. The number of azide groups is 1. The summed E-state index contributed by atoms with van der Waals surface area (Å²) in [5.74, 6) is 0. The van der Waals surface area contributed by atoms with Gasteiger partial charge in [0.15, 0.2) is 0 Å². The van der Waals surface area contributed by atoms with Crippen molar-refractivity contribution in [3.05, 3.63) is 33.7 Å². The van der Waals surface area contributed by atoms with E-state index in [1.807, 2.05) is 0 Å². The molecule has 0 saturated heterocycles. The van der Waals surface area contributed by atoms with Gasteiger partial charge < -0.3 is 12.9 Å². The summed E-state index contributed by atoms with van der Waals surface area (Å²) < 4.78 is 38.0. The van der Waals surface area contributed by atoms with Crippen LogP contribution in [0.2, 0.25) is 0 Å². The fourth-order valence-electron chi connectivity index (χ4n) is 1.33. The molecule has 0 bridgehead atoms. The Kier molecular flexibility index (Phi) is 3.77. The van der Waals surface area contributed by atoms with Gasteiger partial charge in [-0.3, -0.25) is 0 Å². The molecule has 16 heavy (non-hydrogen) atoms. The summed E-state index contributed by atoms with van der Waals surface area (Å²) in [6, 6.07) is 2.47. The molecule has 0 saturated carbocycles. The largest absolute Gasteiger partial charge is 0.509 e. The van der Waals surface area contributed by atoms with Gasteiger partial charge in [-0.05, 0) is 24.1 Å². The highest BCUT2D eigenvalue weighted by Gasteiger charge is 2.28. The van der Waals surface area contributed by atoms with Crippen LogP contribution in [0.5, 0.6) is 0 Å². The van der Waals surface area contributed by atoms with Crippen LogP contribution in [-0.2, 0) is 6.54 Å². The fourth-order valence-corrected chi connectivity index (χ4v) is 1.62. The van der Waals surface area contributed by atoms with Crippen LogP contribution in [0.3, 0.4) is 0 Å². The van der Waals surface area contributed by atoms with Gasteiger partial charge >= 0.3 is 6.98 Å². The summed E-state index contributed by atoms with van der Waals surface area (Å²) in [6.07, 6.45) is 0. The van der Waals surface area contributed by atoms with Gasteiger partial charge in [-0.15, -0.1) is 18.1 Å². The first-order valence-electron chi connectivity index (χ1n) is 4.39. The summed E-state index contributed by atoms with van der Waals surface area (Å²) >= 11 is 3.97. The molecule has 0 spiro atoms. The molecule has 0 aliphatic heterocycles. The van der Waals surface area contributed by atoms with Gasteiger partial charge in [0, 0.05) is 9.81 Å². The number of hydrogen-bond acceptors (Lipinski definition) is 2. The number of rotatable bonds is 3. The number of hydrogen-bond donors (Lipinski definition) is 1. The van der Waals surface area contributed by atoms with E-state index < -0.39 is 12.4 Å². The Bertz CT molecular complexity index is 455. The Morgan fingerprint density at radius 2 is 2.06 bits per heavy atom. The van der Waals surface area contributed by atoms with E-state index in [0.29, 0.717) is 5.56 Å². The lowest BCUT2D eigenvalue weighted by molar-refractivity contribution is 0.500. The summed E-state index contributed by atoms with van der Waals surface area (Å²) in [7, 11) is 0. The monoisotopic (exact) mass is 246 g/mol. The highest BCUT2D eigenvalue weighted by Crippen LogP contribution is 2.20. The van der Waals surface area contributed by atoms with E-state index in [2.05, 4.69) is 22.7 Å². The van der Waals surface area contributed by atoms with Gasteiger partial charge in [-0.1, -0.05) is 16.7 Å². The van der Waals surface area contributed by atoms with Crippen molar-refractivity contribution in [3.63, 3.8) is 0 Å². The smallest absolute Gasteiger partial charge is 0.445 e. The zero-order valence-corrected chi connectivity index (χ0v) is 9.26. The maximum absolute atomic E-state index is 12.7. The van der Waals surface area contributed by atoms with Crippen molar-refractivity contribution >= 4 is 25.1 Å². The first-order valence-corrected chi connectivity index (χ1v) is 4.84. The van der Waals surface area contributed by atoms with Crippen LogP contribution in [-0.4, -0.2) is 6.98 Å². The lowest BCUT2D eigenvalue weighted by Gasteiger charge is -2.20. The summed E-state index contributed by atoms with van der Waals surface area (Å²) in [4.78, 5) is 2.75. The number of nitrogens with zero attached hydrogens (tertiary/aromatic N) is 3. The lowest BCUT2D eigenvalue weighted by atomic mass is 9.76. The number of benzene rings is 1. The Morgan fingerprint density at radius 3 is 2.56 bits per heavy atom. The standard InChI is InChI=1S/C8H8BF3N3S/c1-5-7(9(10,11)12)2-6(3-8(5)16)4-14-15-13/h2-3,16H,4H2,1H3/q-1. The van der Waals surface area contributed by atoms with E-state index in [9.17, 15) is 12.9 Å². The second kappa shape index (κ2) is 4.72. The van der Waals surface area contributed by atoms with Crippen LogP contribution in [0.25, 0.3) is 10.4 Å². The van der Waals surface area contributed by atoms with Gasteiger partial charge in [-0.2, -0.15) is 0 Å². The Labute approximate surface area is 95.8 Å². The first kappa shape index (κ1) is 12.8. The van der Waals surface area contributed by atoms with Crippen molar-refractivity contribution in [3.8, 4) is 0 Å². The molecule has 0 atom stereocenters. The minimum Gasteiger partial charge on any atom is -0.445 e. The average molecular weight is 246 g/mol. The van der Waals surface area contributed by atoms with E-state index >= 15 is 0 Å². The lowest BCUT2D eigenvalue weighted by Crippen LogP contribution is -2.36. The second-order valence-electron chi connectivity index (χ2n) is 3.29. The molecule has 1 rings (SSSR count). The molecule has 0 heterocycles. The molecular formula is C8H8BF3N3S-. The molecule has 8 heteroatoms. The molecule has 0 radical (unpaired) electrons. The van der Waals surface area contributed by atoms with Crippen LogP contribution in [0.15, 0.2) is 22.1 Å². The molecule has 0 aromatic heterocycles. The van der Waals surface area contributed by atoms with Gasteiger partial charge in [0.1, 0.15) is 0 Å². The molecule has 86 valence electrons. The van der Waals surface area contributed by atoms with Gasteiger partial charge in [0.2, 0.25) is 0 Å². The summed E-state index contributed by atoms with van der Waals surface area (Å²) in [5.41, 5.74) is 7.82. The second-order valence-corrected chi connectivity index (χ2v) is 3.77. The number of halogens is 3. The third-order valence-corrected chi connectivity index (χ3v) is 2.61. The zero-order valence-electron chi connectivity index (χ0n) is 8.36. The predicted molar refractivity (Wildman–Crippen MR) is 60.0 cm³/mol. The Morgan fingerprint density at radius 1 is 1.44 bits per heavy atom. The quantitative estimate of drug-likeness (QED) is 0.280. The van der Waals surface area contributed by atoms with Crippen molar-refractivity contribution in [2.75, 3.05) is 0 Å². The van der Waals surface area contributed by atoms with E-state index in [1.165, 1.54) is 13.0 Å². The van der Waals surface area contributed by atoms with Gasteiger partial charge in [-0.25, -0.2) is 0 Å². The van der Waals surface area contributed by atoms with Crippen LogP contribution < -0.4 is 5.46 Å². The summed E-state index contributed by atoms with van der Waals surface area (Å²) in [5, 5.41) is 3.22. The minimum atomic E-state index is -5.07. The van der Waals surface area contributed by atoms with Crippen molar-refractivity contribution in [1.29, 1.82) is 0 Å². The highest BCUT2D eigenvalue weighted by molar-refractivity contribution is 7.80. The van der Waals surface area contributed by atoms with Crippen molar-refractivity contribution in [1.82, 2.24) is 0 Å².